The van der Waals surface area contributed by atoms with Crippen LogP contribution in [0, 0.1) is 6.92 Å². The minimum atomic E-state index is 0.118. The van der Waals surface area contributed by atoms with Crippen LogP contribution in [0.15, 0.2) is 24.3 Å². The van der Waals surface area contributed by atoms with Gasteiger partial charge in [-0.3, -0.25) is 9.48 Å². The van der Waals surface area contributed by atoms with Crippen molar-refractivity contribution in [1.29, 1.82) is 0 Å². The molecule has 4 nitrogen and oxygen atoms in total. The third-order valence-corrected chi connectivity index (χ3v) is 4.04. The maximum atomic E-state index is 12.3. The Balaban J connectivity index is 2.16. The lowest BCUT2D eigenvalue weighted by Gasteiger charge is -2.08. The lowest BCUT2D eigenvalue weighted by atomic mass is 10.0. The molecule has 112 valence electrons. The van der Waals surface area contributed by atoms with Crippen LogP contribution in [-0.4, -0.2) is 15.6 Å². The van der Waals surface area contributed by atoms with Crippen LogP contribution >= 0.6 is 11.6 Å². The number of nitrogens with two attached hydrogens (primary N) is 1. The fourth-order valence-corrected chi connectivity index (χ4v) is 2.63. The molecule has 2 N–H and O–H groups in total. The molecule has 1 aromatic carbocycles. The summed E-state index contributed by atoms with van der Waals surface area (Å²) in [6.07, 6.45) is 0.671. The van der Waals surface area contributed by atoms with Crippen molar-refractivity contribution >= 4 is 17.4 Å². The second kappa shape index (κ2) is 6.87. The molecule has 0 aliphatic rings. The van der Waals surface area contributed by atoms with Crippen molar-refractivity contribution < 1.29 is 4.79 Å². The van der Waals surface area contributed by atoms with E-state index in [-0.39, 0.29) is 5.78 Å². The fraction of sp³-hybridized carbons (Fsp3) is 0.375. The summed E-state index contributed by atoms with van der Waals surface area (Å²) >= 11 is 6.24. The number of Topliss-reactive ketones (excluding diaryl/α,β-unsaturated/α-hetero) is 1. The van der Waals surface area contributed by atoms with Gasteiger partial charge in [0.05, 0.1) is 22.8 Å². The molecule has 0 spiro atoms. The Kier molecular flexibility index (Phi) is 5.15. The van der Waals surface area contributed by atoms with Gasteiger partial charge >= 0.3 is 0 Å². The normalized spacial score (nSPS) is 10.9. The van der Waals surface area contributed by atoms with Crippen LogP contribution in [0.4, 0.5) is 0 Å². The molecule has 0 unspecified atom stereocenters. The number of hydrogen-bond donors (Lipinski definition) is 1. The van der Waals surface area contributed by atoms with Gasteiger partial charge in [0, 0.05) is 19.5 Å². The Morgan fingerprint density at radius 1 is 1.29 bits per heavy atom. The van der Waals surface area contributed by atoms with Gasteiger partial charge in [0.15, 0.2) is 0 Å². The number of rotatable bonds is 6. The molecule has 0 saturated carbocycles. The first-order valence-corrected chi connectivity index (χ1v) is 7.44. The number of carbonyl (C=O) groups excluding carboxylic acids is 1. The van der Waals surface area contributed by atoms with Gasteiger partial charge < -0.3 is 5.73 Å². The summed E-state index contributed by atoms with van der Waals surface area (Å²) in [5, 5.41) is 4.93. The summed E-state index contributed by atoms with van der Waals surface area (Å²) in [5.74, 6) is 0.118. The molecule has 0 atom stereocenters. The number of carbonyl (C=O) groups is 1. The molecule has 0 bridgehead atoms. The van der Waals surface area contributed by atoms with E-state index in [2.05, 4.69) is 5.10 Å². The maximum absolute atomic E-state index is 12.3. The Bertz CT molecular complexity index is 649. The second-order valence-electron chi connectivity index (χ2n) is 5.03. The van der Waals surface area contributed by atoms with E-state index in [9.17, 15) is 4.79 Å². The molecular formula is C16H20ClN3O. The van der Waals surface area contributed by atoms with Gasteiger partial charge in [-0.05, 0) is 25.0 Å². The maximum Gasteiger partial charge on any atom is 0.143 e. The van der Waals surface area contributed by atoms with E-state index in [1.807, 2.05) is 38.1 Å². The number of benzene rings is 1. The topological polar surface area (TPSA) is 60.9 Å². The number of nitrogens with zero attached hydrogens (tertiary/aromatic N) is 2. The number of halogens is 1. The molecule has 0 aliphatic carbocycles. The molecule has 0 fully saturated rings. The van der Waals surface area contributed by atoms with Gasteiger partial charge in [0.1, 0.15) is 5.78 Å². The zero-order chi connectivity index (χ0) is 15.4. The molecule has 1 aromatic heterocycles. The molecule has 0 radical (unpaired) electrons. The van der Waals surface area contributed by atoms with E-state index in [0.717, 1.165) is 22.5 Å². The van der Waals surface area contributed by atoms with Crippen molar-refractivity contribution in [3.8, 4) is 0 Å². The Morgan fingerprint density at radius 3 is 2.57 bits per heavy atom. The van der Waals surface area contributed by atoms with Gasteiger partial charge in [-0.1, -0.05) is 35.9 Å². The molecule has 0 saturated heterocycles. The Hall–Kier alpha value is -1.65. The molecule has 1 heterocycles. The first kappa shape index (κ1) is 15.7. The second-order valence-corrected chi connectivity index (χ2v) is 5.40. The van der Waals surface area contributed by atoms with Crippen molar-refractivity contribution in [3.63, 3.8) is 0 Å². The molecule has 21 heavy (non-hydrogen) atoms. The van der Waals surface area contributed by atoms with E-state index in [4.69, 9.17) is 17.3 Å². The lowest BCUT2D eigenvalue weighted by Crippen LogP contribution is -2.13. The molecule has 2 rings (SSSR count). The Labute approximate surface area is 129 Å². The minimum Gasteiger partial charge on any atom is -0.326 e. The van der Waals surface area contributed by atoms with Crippen molar-refractivity contribution in [2.24, 2.45) is 5.73 Å². The van der Waals surface area contributed by atoms with Crippen LogP contribution in [0.1, 0.15) is 29.4 Å². The van der Waals surface area contributed by atoms with Gasteiger partial charge in [0.25, 0.3) is 0 Å². The standard InChI is InChI=1S/C16H20ClN3O/c1-3-20-15(16(17)11(2)19-20)9-14(21)8-12-6-4-5-7-13(12)10-18/h4-7H,3,8-10,18H2,1-2H3. The molecule has 5 heteroatoms. The van der Waals surface area contributed by atoms with Gasteiger partial charge in [-0.25, -0.2) is 0 Å². The highest BCUT2D eigenvalue weighted by Gasteiger charge is 2.16. The summed E-state index contributed by atoms with van der Waals surface area (Å²) in [4.78, 5) is 12.3. The summed E-state index contributed by atoms with van der Waals surface area (Å²) < 4.78 is 1.80. The average molecular weight is 306 g/mol. The Morgan fingerprint density at radius 2 is 1.95 bits per heavy atom. The van der Waals surface area contributed by atoms with Gasteiger partial charge in [0.2, 0.25) is 0 Å². The highest BCUT2D eigenvalue weighted by atomic mass is 35.5. The van der Waals surface area contributed by atoms with Gasteiger partial charge in [-0.2, -0.15) is 5.10 Å². The minimum absolute atomic E-state index is 0.118. The summed E-state index contributed by atoms with van der Waals surface area (Å²) in [7, 11) is 0. The van der Waals surface area contributed by atoms with E-state index in [1.54, 1.807) is 4.68 Å². The molecule has 0 amide bonds. The summed E-state index contributed by atoms with van der Waals surface area (Å²) in [5.41, 5.74) is 9.27. The number of aromatic nitrogens is 2. The predicted molar refractivity (Wildman–Crippen MR) is 84.4 cm³/mol. The monoisotopic (exact) mass is 305 g/mol. The number of aryl methyl sites for hydroxylation is 2. The summed E-state index contributed by atoms with van der Waals surface area (Å²) in [6.45, 7) is 4.98. The molecule has 2 aromatic rings. The van der Waals surface area contributed by atoms with Crippen LogP contribution in [-0.2, 0) is 30.7 Å². The zero-order valence-electron chi connectivity index (χ0n) is 12.4. The average Bonchev–Trinajstić information content (AvgIpc) is 2.75. The molecular weight excluding hydrogens is 286 g/mol. The van der Waals surface area contributed by atoms with Crippen molar-refractivity contribution in [3.05, 3.63) is 51.8 Å². The van der Waals surface area contributed by atoms with Crippen LogP contribution in [0.25, 0.3) is 0 Å². The van der Waals surface area contributed by atoms with E-state index >= 15 is 0 Å². The third kappa shape index (κ3) is 3.52. The van der Waals surface area contributed by atoms with Crippen LogP contribution < -0.4 is 5.73 Å². The number of ketones is 1. The third-order valence-electron chi connectivity index (χ3n) is 3.54. The largest absolute Gasteiger partial charge is 0.326 e. The highest BCUT2D eigenvalue weighted by molar-refractivity contribution is 6.32. The van der Waals surface area contributed by atoms with E-state index < -0.39 is 0 Å². The van der Waals surface area contributed by atoms with Crippen LogP contribution in [0.5, 0.6) is 0 Å². The van der Waals surface area contributed by atoms with E-state index in [1.165, 1.54) is 0 Å². The lowest BCUT2D eigenvalue weighted by molar-refractivity contribution is -0.117. The SMILES string of the molecule is CCn1nc(C)c(Cl)c1CC(=O)Cc1ccccc1CN. The van der Waals surface area contributed by atoms with Crippen molar-refractivity contribution in [2.45, 2.75) is 39.8 Å². The van der Waals surface area contributed by atoms with Crippen LogP contribution in [0.2, 0.25) is 5.02 Å². The first-order chi connectivity index (χ1) is 10.1. The highest BCUT2D eigenvalue weighted by Crippen LogP contribution is 2.21. The van der Waals surface area contributed by atoms with Gasteiger partial charge in [-0.15, -0.1) is 0 Å². The fourth-order valence-electron chi connectivity index (χ4n) is 2.43. The van der Waals surface area contributed by atoms with Crippen molar-refractivity contribution in [1.82, 2.24) is 9.78 Å². The quantitative estimate of drug-likeness (QED) is 0.892. The smallest absolute Gasteiger partial charge is 0.143 e. The predicted octanol–water partition coefficient (Wildman–Crippen LogP) is 2.68. The van der Waals surface area contributed by atoms with Crippen LogP contribution in [0.3, 0.4) is 0 Å². The summed E-state index contributed by atoms with van der Waals surface area (Å²) in [6, 6.07) is 7.76. The van der Waals surface area contributed by atoms with Crippen molar-refractivity contribution in [2.75, 3.05) is 0 Å². The zero-order valence-corrected chi connectivity index (χ0v) is 13.2. The molecule has 0 aliphatic heterocycles. The first-order valence-electron chi connectivity index (χ1n) is 7.07. The number of hydrogen-bond acceptors (Lipinski definition) is 3. The van der Waals surface area contributed by atoms with E-state index in [0.29, 0.717) is 31.0 Å².